The van der Waals surface area contributed by atoms with Crippen molar-refractivity contribution in [3.8, 4) is 0 Å². The van der Waals surface area contributed by atoms with Crippen LogP contribution in [0.4, 0.5) is 10.5 Å². The van der Waals surface area contributed by atoms with E-state index in [0.717, 1.165) is 24.1 Å². The van der Waals surface area contributed by atoms with Gasteiger partial charge in [-0.05, 0) is 49.4 Å². The number of rotatable bonds is 5. The summed E-state index contributed by atoms with van der Waals surface area (Å²) in [5.74, 6) is -0.0508. The van der Waals surface area contributed by atoms with E-state index in [2.05, 4.69) is 19.2 Å². The standard InChI is InChI=1S/C20H32N4O2.ClH/c1-15-7-5-9-17(11-15)22-19(26)24-10-6-8-16(12-24)18(25)23(4)14-20(2,3)13-21;/h5,7,9,11,16H,6,8,10,12-14,21H2,1-4H3,(H,22,26);1H. The maximum absolute atomic E-state index is 12.8. The van der Waals surface area contributed by atoms with Crippen molar-refractivity contribution in [2.45, 2.75) is 33.6 Å². The van der Waals surface area contributed by atoms with Gasteiger partial charge in [0.25, 0.3) is 0 Å². The number of halogens is 1. The second-order valence-corrected chi connectivity index (χ2v) is 8.15. The molecule has 1 unspecified atom stereocenters. The van der Waals surface area contributed by atoms with E-state index in [9.17, 15) is 9.59 Å². The monoisotopic (exact) mass is 396 g/mol. The van der Waals surface area contributed by atoms with Gasteiger partial charge in [0.2, 0.25) is 5.91 Å². The molecule has 7 heteroatoms. The van der Waals surface area contributed by atoms with Crippen molar-refractivity contribution < 1.29 is 9.59 Å². The number of amides is 3. The van der Waals surface area contributed by atoms with Crippen molar-refractivity contribution in [3.63, 3.8) is 0 Å². The highest BCUT2D eigenvalue weighted by Gasteiger charge is 2.31. The van der Waals surface area contributed by atoms with Crippen molar-refractivity contribution >= 4 is 30.0 Å². The maximum Gasteiger partial charge on any atom is 0.321 e. The molecule has 1 saturated heterocycles. The third-order valence-corrected chi connectivity index (χ3v) is 4.92. The Morgan fingerprint density at radius 2 is 2.07 bits per heavy atom. The van der Waals surface area contributed by atoms with E-state index in [1.54, 1.807) is 9.80 Å². The van der Waals surface area contributed by atoms with E-state index in [-0.39, 0.29) is 35.7 Å². The second kappa shape index (κ2) is 9.95. The van der Waals surface area contributed by atoms with Crippen molar-refractivity contribution in [1.82, 2.24) is 9.80 Å². The number of benzene rings is 1. The Morgan fingerprint density at radius 1 is 1.37 bits per heavy atom. The molecule has 0 saturated carbocycles. The number of nitrogens with two attached hydrogens (primary N) is 1. The molecule has 0 spiro atoms. The Balaban J connectivity index is 0.00000364. The summed E-state index contributed by atoms with van der Waals surface area (Å²) < 4.78 is 0. The molecule has 0 bridgehead atoms. The number of hydrogen-bond donors (Lipinski definition) is 2. The number of carbonyl (C=O) groups excluding carboxylic acids is 2. The van der Waals surface area contributed by atoms with Crippen LogP contribution in [0.2, 0.25) is 0 Å². The van der Waals surface area contributed by atoms with Crippen LogP contribution >= 0.6 is 12.4 Å². The summed E-state index contributed by atoms with van der Waals surface area (Å²) in [5.41, 5.74) is 7.55. The third kappa shape index (κ3) is 6.70. The van der Waals surface area contributed by atoms with Gasteiger partial charge in [0.05, 0.1) is 5.92 Å². The van der Waals surface area contributed by atoms with Crippen molar-refractivity contribution in [3.05, 3.63) is 29.8 Å². The molecule has 1 atom stereocenters. The van der Waals surface area contributed by atoms with Gasteiger partial charge in [0.1, 0.15) is 0 Å². The Bertz CT molecular complexity index is 651. The molecule has 152 valence electrons. The minimum absolute atomic E-state index is 0. The molecule has 0 aromatic heterocycles. The summed E-state index contributed by atoms with van der Waals surface area (Å²) in [5, 5.41) is 2.93. The predicted molar refractivity (Wildman–Crippen MR) is 112 cm³/mol. The van der Waals surface area contributed by atoms with Gasteiger partial charge in [-0.2, -0.15) is 0 Å². The van der Waals surface area contributed by atoms with Gasteiger partial charge in [-0.25, -0.2) is 4.79 Å². The Labute approximate surface area is 168 Å². The van der Waals surface area contributed by atoms with Gasteiger partial charge in [-0.1, -0.05) is 26.0 Å². The maximum atomic E-state index is 12.8. The highest BCUT2D eigenvalue weighted by atomic mass is 35.5. The molecule has 0 radical (unpaired) electrons. The number of carbonyl (C=O) groups is 2. The Morgan fingerprint density at radius 3 is 2.70 bits per heavy atom. The zero-order valence-electron chi connectivity index (χ0n) is 16.8. The van der Waals surface area contributed by atoms with Gasteiger partial charge < -0.3 is 20.9 Å². The summed E-state index contributed by atoms with van der Waals surface area (Å²) >= 11 is 0. The lowest BCUT2D eigenvalue weighted by Gasteiger charge is -2.36. The summed E-state index contributed by atoms with van der Waals surface area (Å²) in [6.07, 6.45) is 1.66. The fourth-order valence-corrected chi connectivity index (χ4v) is 3.38. The van der Waals surface area contributed by atoms with Crippen LogP contribution in [0.5, 0.6) is 0 Å². The van der Waals surface area contributed by atoms with Crippen LogP contribution in [0.3, 0.4) is 0 Å². The third-order valence-electron chi connectivity index (χ3n) is 4.92. The quantitative estimate of drug-likeness (QED) is 0.802. The summed E-state index contributed by atoms with van der Waals surface area (Å²) in [6, 6.07) is 7.58. The minimum atomic E-state index is -0.148. The van der Waals surface area contributed by atoms with Gasteiger partial charge in [-0.3, -0.25) is 4.79 Å². The van der Waals surface area contributed by atoms with E-state index < -0.39 is 0 Å². The van der Waals surface area contributed by atoms with Crippen LogP contribution in [0.25, 0.3) is 0 Å². The summed E-state index contributed by atoms with van der Waals surface area (Å²) in [7, 11) is 1.82. The summed E-state index contributed by atoms with van der Waals surface area (Å²) in [6.45, 7) is 8.39. The van der Waals surface area contributed by atoms with Crippen LogP contribution in [0.1, 0.15) is 32.3 Å². The molecule has 3 amide bonds. The molecule has 6 nitrogen and oxygen atoms in total. The zero-order valence-corrected chi connectivity index (χ0v) is 17.6. The highest BCUT2D eigenvalue weighted by molar-refractivity contribution is 5.90. The summed E-state index contributed by atoms with van der Waals surface area (Å²) in [4.78, 5) is 28.9. The van der Waals surface area contributed by atoms with E-state index in [4.69, 9.17) is 5.73 Å². The first-order valence-electron chi connectivity index (χ1n) is 9.29. The average Bonchev–Trinajstić information content (AvgIpc) is 2.60. The van der Waals surface area contributed by atoms with Crippen molar-refractivity contribution in [2.75, 3.05) is 38.5 Å². The number of nitrogens with zero attached hydrogens (tertiary/aromatic N) is 2. The smallest absolute Gasteiger partial charge is 0.321 e. The number of urea groups is 1. The first-order chi connectivity index (χ1) is 12.2. The molecule has 27 heavy (non-hydrogen) atoms. The van der Waals surface area contributed by atoms with Crippen LogP contribution in [-0.2, 0) is 4.79 Å². The van der Waals surface area contributed by atoms with Crippen LogP contribution in [0, 0.1) is 18.3 Å². The number of anilines is 1. The number of piperidine rings is 1. The Hall–Kier alpha value is -1.79. The molecule has 1 aromatic carbocycles. The molecule has 1 aliphatic rings. The van der Waals surface area contributed by atoms with Crippen LogP contribution < -0.4 is 11.1 Å². The molecule has 0 aliphatic carbocycles. The minimum Gasteiger partial charge on any atom is -0.345 e. The number of nitrogens with one attached hydrogen (secondary N) is 1. The number of aryl methyl sites for hydroxylation is 1. The Kier molecular flexibility index (Phi) is 8.57. The van der Waals surface area contributed by atoms with Crippen molar-refractivity contribution in [1.29, 1.82) is 0 Å². The lowest BCUT2D eigenvalue weighted by atomic mass is 9.91. The van der Waals surface area contributed by atoms with Crippen molar-refractivity contribution in [2.24, 2.45) is 17.1 Å². The van der Waals surface area contributed by atoms with Gasteiger partial charge >= 0.3 is 6.03 Å². The highest BCUT2D eigenvalue weighted by Crippen LogP contribution is 2.22. The normalized spacial score (nSPS) is 17.1. The average molecular weight is 397 g/mol. The molecular formula is C20H33ClN4O2. The molecule has 2 rings (SSSR count). The fourth-order valence-electron chi connectivity index (χ4n) is 3.38. The predicted octanol–water partition coefficient (Wildman–Crippen LogP) is 3.10. The van der Waals surface area contributed by atoms with Crippen LogP contribution in [0.15, 0.2) is 24.3 Å². The van der Waals surface area contributed by atoms with Gasteiger partial charge in [0.15, 0.2) is 0 Å². The van der Waals surface area contributed by atoms with E-state index in [1.807, 2.05) is 38.2 Å². The van der Waals surface area contributed by atoms with Gasteiger partial charge in [-0.15, -0.1) is 12.4 Å². The SMILES string of the molecule is Cc1cccc(NC(=O)N2CCCC(C(=O)N(C)CC(C)(C)CN)C2)c1.Cl. The first-order valence-corrected chi connectivity index (χ1v) is 9.29. The van der Waals surface area contributed by atoms with E-state index in [0.29, 0.717) is 26.2 Å². The van der Waals surface area contributed by atoms with Gasteiger partial charge in [0, 0.05) is 32.4 Å². The molecular weight excluding hydrogens is 364 g/mol. The number of likely N-dealkylation sites (tertiary alicyclic amines) is 1. The molecule has 1 fully saturated rings. The topological polar surface area (TPSA) is 78.7 Å². The molecule has 1 aromatic rings. The first kappa shape index (κ1) is 23.2. The second-order valence-electron chi connectivity index (χ2n) is 8.15. The largest absolute Gasteiger partial charge is 0.345 e. The molecule has 3 N–H and O–H groups in total. The van der Waals surface area contributed by atoms with E-state index >= 15 is 0 Å². The van der Waals surface area contributed by atoms with E-state index in [1.165, 1.54) is 0 Å². The van der Waals surface area contributed by atoms with Crippen LogP contribution in [-0.4, -0.2) is 55.0 Å². The lowest BCUT2D eigenvalue weighted by molar-refractivity contribution is -0.136. The lowest BCUT2D eigenvalue weighted by Crippen LogP contribution is -2.49. The fraction of sp³-hybridized carbons (Fsp3) is 0.600. The zero-order chi connectivity index (χ0) is 19.3. The number of hydrogen-bond acceptors (Lipinski definition) is 3. The molecule has 1 heterocycles. The molecule has 1 aliphatic heterocycles.